The molecule has 1 aliphatic heterocycles. The molecule has 1 aliphatic rings. The highest BCUT2D eigenvalue weighted by Gasteiger charge is 2.35. The number of aromatic hydroxyl groups is 1. The second-order valence-corrected chi connectivity index (χ2v) is 9.75. The van der Waals surface area contributed by atoms with Gasteiger partial charge in [-0.05, 0) is 54.8 Å². The maximum absolute atomic E-state index is 14.3. The number of carbonyl (C=O) groups excluding carboxylic acids is 2. The molecule has 12 nitrogen and oxygen atoms in total. The number of carbonyl (C=O) groups is 2. The molecule has 2 amide bonds. The van der Waals surface area contributed by atoms with Gasteiger partial charge in [-0.25, -0.2) is 4.68 Å². The molecule has 1 saturated heterocycles. The van der Waals surface area contributed by atoms with Gasteiger partial charge in [-0.3, -0.25) is 14.5 Å². The zero-order chi connectivity index (χ0) is 29.6. The van der Waals surface area contributed by atoms with Crippen LogP contribution in [-0.4, -0.2) is 72.5 Å². The molecule has 4 aromatic rings. The van der Waals surface area contributed by atoms with Crippen molar-refractivity contribution in [3.8, 4) is 23.0 Å². The van der Waals surface area contributed by atoms with E-state index in [2.05, 4.69) is 15.6 Å². The summed E-state index contributed by atoms with van der Waals surface area (Å²) in [5.74, 6) is 0.0127. The Morgan fingerprint density at radius 3 is 2.57 bits per heavy atom. The van der Waals surface area contributed by atoms with Gasteiger partial charge in [-0.2, -0.15) is 0 Å². The van der Waals surface area contributed by atoms with Crippen LogP contribution in [0.5, 0.6) is 23.0 Å². The van der Waals surface area contributed by atoms with Crippen molar-refractivity contribution in [3.05, 3.63) is 66.2 Å². The number of fused-ring (bicyclic) bond motifs is 1. The normalized spacial score (nSPS) is 15.3. The smallest absolute Gasteiger partial charge is 0.249 e. The van der Waals surface area contributed by atoms with Gasteiger partial charge in [-0.15, -0.1) is 5.10 Å². The highest BCUT2D eigenvalue weighted by atomic mass is 16.5. The Balaban J connectivity index is 1.61. The van der Waals surface area contributed by atoms with Crippen LogP contribution in [0.3, 0.4) is 0 Å². The van der Waals surface area contributed by atoms with E-state index < -0.39 is 17.9 Å². The van der Waals surface area contributed by atoms with E-state index in [-0.39, 0.29) is 30.7 Å². The van der Waals surface area contributed by atoms with Gasteiger partial charge in [0.1, 0.15) is 18.1 Å². The van der Waals surface area contributed by atoms with E-state index in [1.165, 1.54) is 43.0 Å². The van der Waals surface area contributed by atoms with Crippen molar-refractivity contribution in [1.29, 1.82) is 0 Å². The van der Waals surface area contributed by atoms with Crippen molar-refractivity contribution in [1.82, 2.24) is 20.3 Å². The maximum atomic E-state index is 14.3. The first-order valence-electron chi connectivity index (χ1n) is 13.5. The number of amides is 2. The number of ether oxygens (including phenoxy) is 4. The number of nitrogens with one attached hydrogen (secondary N) is 1. The molecule has 0 bridgehead atoms. The molecule has 1 fully saturated rings. The molecule has 2 heterocycles. The lowest BCUT2D eigenvalue weighted by Crippen LogP contribution is -2.46. The highest BCUT2D eigenvalue weighted by molar-refractivity contribution is 6.02. The average molecular weight is 576 g/mol. The number of hydrogen-bond donors (Lipinski definition) is 2. The molecule has 3 aromatic carbocycles. The minimum Gasteiger partial charge on any atom is -0.504 e. The first kappa shape index (κ1) is 28.7. The summed E-state index contributed by atoms with van der Waals surface area (Å²) in [4.78, 5) is 29.7. The number of para-hydroxylation sites is 1. The fourth-order valence-electron chi connectivity index (χ4n) is 5.05. The zero-order valence-electron chi connectivity index (χ0n) is 23.6. The van der Waals surface area contributed by atoms with E-state index in [0.29, 0.717) is 40.4 Å². The molecule has 2 unspecified atom stereocenters. The molecule has 0 radical (unpaired) electrons. The minimum absolute atomic E-state index is 0.0992. The van der Waals surface area contributed by atoms with Crippen LogP contribution in [0, 0.1) is 0 Å². The Labute approximate surface area is 242 Å². The van der Waals surface area contributed by atoms with Gasteiger partial charge in [0.25, 0.3) is 0 Å². The summed E-state index contributed by atoms with van der Waals surface area (Å²) >= 11 is 0. The molecule has 220 valence electrons. The Morgan fingerprint density at radius 2 is 1.83 bits per heavy atom. The summed E-state index contributed by atoms with van der Waals surface area (Å²) in [6, 6.07) is 15.7. The van der Waals surface area contributed by atoms with Crippen LogP contribution in [-0.2, 0) is 20.9 Å². The lowest BCUT2D eigenvalue weighted by atomic mass is 10.0. The van der Waals surface area contributed by atoms with Crippen molar-refractivity contribution in [2.45, 2.75) is 31.5 Å². The number of aromatic nitrogens is 3. The van der Waals surface area contributed by atoms with Crippen LogP contribution < -0.4 is 24.4 Å². The van der Waals surface area contributed by atoms with Crippen molar-refractivity contribution in [3.63, 3.8) is 0 Å². The summed E-state index contributed by atoms with van der Waals surface area (Å²) in [6.45, 7) is 0.715. The molecule has 12 heteroatoms. The number of benzene rings is 3. The lowest BCUT2D eigenvalue weighted by molar-refractivity contribution is -0.127. The number of hydrogen-bond acceptors (Lipinski definition) is 9. The Kier molecular flexibility index (Phi) is 8.72. The van der Waals surface area contributed by atoms with Crippen LogP contribution in [0.1, 0.15) is 24.4 Å². The van der Waals surface area contributed by atoms with E-state index in [4.69, 9.17) is 18.9 Å². The van der Waals surface area contributed by atoms with Gasteiger partial charge < -0.3 is 29.4 Å². The highest BCUT2D eigenvalue weighted by Crippen LogP contribution is 2.38. The number of phenols is 1. The first-order valence-corrected chi connectivity index (χ1v) is 13.5. The predicted molar refractivity (Wildman–Crippen MR) is 154 cm³/mol. The number of methoxy groups -OCH3 is 3. The second kappa shape index (κ2) is 12.8. The SMILES string of the molecule is COc1cc(C(C(=O)NCC2CCCO2)N(C(=O)Cn2nnc3ccccc32)c2ccc(OC)c(OC)c2)ccc1O. The lowest BCUT2D eigenvalue weighted by Gasteiger charge is -2.32. The summed E-state index contributed by atoms with van der Waals surface area (Å²) in [6.07, 6.45) is 1.63. The number of anilines is 1. The van der Waals surface area contributed by atoms with Crippen molar-refractivity contribution in [2.75, 3.05) is 39.4 Å². The van der Waals surface area contributed by atoms with Gasteiger partial charge in [0, 0.05) is 24.9 Å². The number of rotatable bonds is 11. The Hall–Kier alpha value is -4.84. The van der Waals surface area contributed by atoms with Crippen molar-refractivity contribution >= 4 is 28.5 Å². The standard InChI is InChI=1S/C30H33N5O7/c1-39-25-13-11-20(16-27(25)41-3)35(28(37)18-34-23-9-5-4-8-22(23)32-33-34)29(19-10-12-24(36)26(15-19)40-2)30(38)31-17-21-7-6-14-42-21/h4-5,8-13,15-16,21,29,36H,6-7,14,17-18H2,1-3H3,(H,31,38). The van der Waals surface area contributed by atoms with Crippen LogP contribution in [0.15, 0.2) is 60.7 Å². The molecular formula is C30H33N5O7. The van der Waals surface area contributed by atoms with Crippen LogP contribution in [0.4, 0.5) is 5.69 Å². The Morgan fingerprint density at radius 1 is 1.05 bits per heavy atom. The van der Waals surface area contributed by atoms with Crippen LogP contribution >= 0.6 is 0 Å². The van der Waals surface area contributed by atoms with Crippen LogP contribution in [0.2, 0.25) is 0 Å². The topological polar surface area (TPSA) is 137 Å². The third-order valence-electron chi connectivity index (χ3n) is 7.17. The molecular weight excluding hydrogens is 542 g/mol. The summed E-state index contributed by atoms with van der Waals surface area (Å²) < 4.78 is 23.5. The van der Waals surface area contributed by atoms with Gasteiger partial charge in [0.15, 0.2) is 23.0 Å². The van der Waals surface area contributed by atoms with Crippen molar-refractivity contribution < 1.29 is 33.6 Å². The van der Waals surface area contributed by atoms with E-state index in [0.717, 1.165) is 12.8 Å². The maximum Gasteiger partial charge on any atom is 0.249 e. The van der Waals surface area contributed by atoms with E-state index >= 15 is 0 Å². The third-order valence-corrected chi connectivity index (χ3v) is 7.17. The Bertz CT molecular complexity index is 1570. The summed E-state index contributed by atoms with van der Waals surface area (Å²) in [5, 5.41) is 21.6. The van der Waals surface area contributed by atoms with Crippen LogP contribution in [0.25, 0.3) is 11.0 Å². The molecule has 5 rings (SSSR count). The van der Waals surface area contributed by atoms with E-state index in [1.54, 1.807) is 30.3 Å². The molecule has 42 heavy (non-hydrogen) atoms. The minimum atomic E-state index is -1.17. The van der Waals surface area contributed by atoms with E-state index in [9.17, 15) is 14.7 Å². The molecule has 0 saturated carbocycles. The largest absolute Gasteiger partial charge is 0.504 e. The molecule has 0 spiro atoms. The average Bonchev–Trinajstić information content (AvgIpc) is 3.69. The molecule has 0 aliphatic carbocycles. The van der Waals surface area contributed by atoms with Crippen molar-refractivity contribution in [2.24, 2.45) is 0 Å². The predicted octanol–water partition coefficient (Wildman–Crippen LogP) is 3.23. The number of nitrogens with zero attached hydrogens (tertiary/aromatic N) is 4. The van der Waals surface area contributed by atoms with Gasteiger partial charge in [-0.1, -0.05) is 23.4 Å². The van der Waals surface area contributed by atoms with Gasteiger partial charge in [0.2, 0.25) is 11.8 Å². The molecule has 1 aromatic heterocycles. The molecule has 2 N–H and O–H groups in total. The quantitative estimate of drug-likeness (QED) is 0.276. The fourth-order valence-corrected chi connectivity index (χ4v) is 5.05. The summed E-state index contributed by atoms with van der Waals surface area (Å²) in [5.41, 5.74) is 2.10. The summed E-state index contributed by atoms with van der Waals surface area (Å²) in [7, 11) is 4.42. The molecule has 2 atom stereocenters. The zero-order valence-corrected chi connectivity index (χ0v) is 23.6. The second-order valence-electron chi connectivity index (χ2n) is 9.75. The number of phenolic OH excluding ortho intramolecular Hbond substituents is 1. The van der Waals surface area contributed by atoms with E-state index in [1.807, 2.05) is 18.2 Å². The first-order chi connectivity index (χ1) is 20.4. The third kappa shape index (κ3) is 5.93. The monoisotopic (exact) mass is 575 g/mol. The fraction of sp³-hybridized carbons (Fsp3) is 0.333. The van der Waals surface area contributed by atoms with Gasteiger partial charge in [0.05, 0.1) is 33.0 Å². The van der Waals surface area contributed by atoms with Gasteiger partial charge >= 0.3 is 0 Å².